The highest BCUT2D eigenvalue weighted by Crippen LogP contribution is 2.23. The molecule has 0 spiro atoms. The fraction of sp³-hybridized carbons (Fsp3) is 0.0556. The molecule has 0 saturated carbocycles. The standard InChI is InChI=1S/C18H12ClN3O2/c1-10-2-4-12(5-3-10)18-22-16-14(24-18)17(23)21-15(20-16)11-6-8-13(19)9-7-11/h2-9H,1H3,(H,20,21,23). The summed E-state index contributed by atoms with van der Waals surface area (Å²) in [5, 5.41) is 0.616. The number of oxazole rings is 1. The topological polar surface area (TPSA) is 71.8 Å². The van der Waals surface area contributed by atoms with Crippen molar-refractivity contribution in [3.63, 3.8) is 0 Å². The average Bonchev–Trinajstić information content (AvgIpc) is 3.01. The SMILES string of the molecule is Cc1ccc(-c2nc3nc(-c4ccc(Cl)cc4)[nH]c(=O)c3o2)cc1. The van der Waals surface area contributed by atoms with Gasteiger partial charge in [0.05, 0.1) is 0 Å². The highest BCUT2D eigenvalue weighted by atomic mass is 35.5. The zero-order valence-corrected chi connectivity index (χ0v) is 13.5. The molecular weight excluding hydrogens is 326 g/mol. The van der Waals surface area contributed by atoms with Crippen LogP contribution in [0.4, 0.5) is 0 Å². The van der Waals surface area contributed by atoms with Gasteiger partial charge in [0.25, 0.3) is 5.56 Å². The van der Waals surface area contributed by atoms with Gasteiger partial charge in [-0.3, -0.25) is 4.79 Å². The maximum Gasteiger partial charge on any atom is 0.296 e. The Hall–Kier alpha value is -2.92. The summed E-state index contributed by atoms with van der Waals surface area (Å²) in [6, 6.07) is 14.8. The quantitative estimate of drug-likeness (QED) is 0.594. The molecule has 0 aliphatic rings. The van der Waals surface area contributed by atoms with Crippen LogP contribution in [0.3, 0.4) is 0 Å². The normalized spacial score (nSPS) is 11.1. The highest BCUT2D eigenvalue weighted by Gasteiger charge is 2.14. The number of nitrogens with zero attached hydrogens (tertiary/aromatic N) is 2. The third kappa shape index (κ3) is 2.59. The van der Waals surface area contributed by atoms with Crippen LogP contribution in [0.25, 0.3) is 34.1 Å². The predicted octanol–water partition coefficient (Wildman–Crippen LogP) is 4.21. The van der Waals surface area contributed by atoms with Gasteiger partial charge in [0, 0.05) is 16.1 Å². The lowest BCUT2D eigenvalue weighted by atomic mass is 10.1. The smallest absolute Gasteiger partial charge is 0.296 e. The predicted molar refractivity (Wildman–Crippen MR) is 93.0 cm³/mol. The molecule has 2 aromatic carbocycles. The number of hydrogen-bond acceptors (Lipinski definition) is 4. The van der Waals surface area contributed by atoms with Gasteiger partial charge in [0.15, 0.2) is 0 Å². The van der Waals surface area contributed by atoms with Gasteiger partial charge >= 0.3 is 0 Å². The lowest BCUT2D eigenvalue weighted by Gasteiger charge is -1.99. The summed E-state index contributed by atoms with van der Waals surface area (Å²) in [5.41, 5.74) is 2.71. The zero-order valence-electron chi connectivity index (χ0n) is 12.7. The van der Waals surface area contributed by atoms with Crippen molar-refractivity contribution in [2.45, 2.75) is 6.92 Å². The number of benzene rings is 2. The van der Waals surface area contributed by atoms with Gasteiger partial charge in [-0.1, -0.05) is 29.3 Å². The Morgan fingerprint density at radius 2 is 1.62 bits per heavy atom. The van der Waals surface area contributed by atoms with Crippen LogP contribution in [0.1, 0.15) is 5.56 Å². The van der Waals surface area contributed by atoms with Crippen molar-refractivity contribution in [1.29, 1.82) is 0 Å². The van der Waals surface area contributed by atoms with E-state index in [-0.39, 0.29) is 16.8 Å². The summed E-state index contributed by atoms with van der Waals surface area (Å²) in [7, 11) is 0. The number of aryl methyl sites for hydroxylation is 1. The first-order chi connectivity index (χ1) is 11.6. The summed E-state index contributed by atoms with van der Waals surface area (Å²) in [4.78, 5) is 23.7. The van der Waals surface area contributed by atoms with E-state index in [0.717, 1.165) is 16.7 Å². The Balaban J connectivity index is 1.85. The third-order valence-corrected chi connectivity index (χ3v) is 3.93. The molecule has 118 valence electrons. The second-order valence-electron chi connectivity index (χ2n) is 5.46. The molecule has 2 heterocycles. The summed E-state index contributed by atoms with van der Waals surface area (Å²) in [6.45, 7) is 2.00. The number of aromatic nitrogens is 3. The van der Waals surface area contributed by atoms with E-state index in [1.807, 2.05) is 31.2 Å². The molecule has 1 N–H and O–H groups in total. The molecule has 0 radical (unpaired) electrons. The minimum atomic E-state index is -0.365. The number of nitrogens with one attached hydrogen (secondary N) is 1. The minimum Gasteiger partial charge on any atom is -0.428 e. The molecule has 6 heteroatoms. The Bertz CT molecular complexity index is 1080. The van der Waals surface area contributed by atoms with Gasteiger partial charge in [-0.05, 0) is 43.3 Å². The van der Waals surface area contributed by atoms with Gasteiger partial charge in [0.2, 0.25) is 17.1 Å². The summed E-state index contributed by atoms with van der Waals surface area (Å²) in [5.74, 6) is 0.796. The molecule has 2 aromatic heterocycles. The summed E-state index contributed by atoms with van der Waals surface area (Å²) >= 11 is 5.89. The number of hydrogen-bond donors (Lipinski definition) is 1. The van der Waals surface area contributed by atoms with E-state index in [0.29, 0.717) is 16.7 Å². The lowest BCUT2D eigenvalue weighted by molar-refractivity contribution is 0.614. The highest BCUT2D eigenvalue weighted by molar-refractivity contribution is 6.30. The van der Waals surface area contributed by atoms with Crippen molar-refractivity contribution in [2.24, 2.45) is 0 Å². The van der Waals surface area contributed by atoms with Crippen molar-refractivity contribution < 1.29 is 4.42 Å². The first-order valence-corrected chi connectivity index (χ1v) is 7.72. The number of rotatable bonds is 2. The van der Waals surface area contributed by atoms with Crippen molar-refractivity contribution in [1.82, 2.24) is 15.0 Å². The molecule has 0 bridgehead atoms. The van der Waals surface area contributed by atoms with E-state index in [2.05, 4.69) is 15.0 Å². The van der Waals surface area contributed by atoms with Crippen molar-refractivity contribution in [2.75, 3.05) is 0 Å². The van der Waals surface area contributed by atoms with Gasteiger partial charge in [-0.2, -0.15) is 4.98 Å². The molecule has 24 heavy (non-hydrogen) atoms. The zero-order chi connectivity index (χ0) is 16.7. The van der Waals surface area contributed by atoms with Crippen LogP contribution in [0.15, 0.2) is 57.7 Å². The number of aromatic amines is 1. The van der Waals surface area contributed by atoms with Crippen LogP contribution in [-0.2, 0) is 0 Å². The Kier molecular flexibility index (Phi) is 3.43. The Labute approximate surface area is 142 Å². The first-order valence-electron chi connectivity index (χ1n) is 7.34. The Morgan fingerprint density at radius 3 is 2.33 bits per heavy atom. The van der Waals surface area contributed by atoms with Crippen LogP contribution in [-0.4, -0.2) is 15.0 Å². The van der Waals surface area contributed by atoms with Crippen LogP contribution in [0, 0.1) is 6.92 Å². The fourth-order valence-electron chi connectivity index (χ4n) is 2.40. The molecule has 0 unspecified atom stereocenters. The van der Waals surface area contributed by atoms with Crippen LogP contribution < -0.4 is 5.56 Å². The molecule has 4 rings (SSSR count). The van der Waals surface area contributed by atoms with Gasteiger partial charge in [-0.25, -0.2) is 4.98 Å². The fourth-order valence-corrected chi connectivity index (χ4v) is 2.52. The summed E-state index contributed by atoms with van der Waals surface area (Å²) in [6.07, 6.45) is 0. The molecular formula is C18H12ClN3O2. The largest absolute Gasteiger partial charge is 0.428 e. The number of H-pyrrole nitrogens is 1. The van der Waals surface area contributed by atoms with E-state index < -0.39 is 0 Å². The summed E-state index contributed by atoms with van der Waals surface area (Å²) < 4.78 is 5.60. The van der Waals surface area contributed by atoms with Crippen molar-refractivity contribution in [3.8, 4) is 22.8 Å². The second-order valence-corrected chi connectivity index (χ2v) is 5.90. The molecule has 5 nitrogen and oxygen atoms in total. The molecule has 0 aliphatic carbocycles. The first kappa shape index (κ1) is 14.7. The molecule has 0 amide bonds. The Morgan fingerprint density at radius 1 is 0.958 bits per heavy atom. The number of halogens is 1. The molecule has 4 aromatic rings. The van der Waals surface area contributed by atoms with E-state index in [1.165, 1.54) is 0 Å². The number of fused-ring (bicyclic) bond motifs is 1. The molecule has 0 saturated heterocycles. The van der Waals surface area contributed by atoms with Crippen molar-refractivity contribution >= 4 is 22.8 Å². The van der Waals surface area contributed by atoms with Gasteiger partial charge in [0.1, 0.15) is 5.82 Å². The molecule has 0 fully saturated rings. The molecule has 0 aliphatic heterocycles. The average molecular weight is 338 g/mol. The van der Waals surface area contributed by atoms with E-state index >= 15 is 0 Å². The molecule has 0 atom stereocenters. The van der Waals surface area contributed by atoms with E-state index in [4.69, 9.17) is 16.0 Å². The lowest BCUT2D eigenvalue weighted by Crippen LogP contribution is -2.08. The maximum atomic E-state index is 12.3. The van der Waals surface area contributed by atoms with E-state index in [1.54, 1.807) is 24.3 Å². The monoisotopic (exact) mass is 337 g/mol. The third-order valence-electron chi connectivity index (χ3n) is 3.68. The minimum absolute atomic E-state index is 0.114. The van der Waals surface area contributed by atoms with Crippen LogP contribution in [0.2, 0.25) is 5.02 Å². The maximum absolute atomic E-state index is 12.3. The second kappa shape index (κ2) is 5.62. The van der Waals surface area contributed by atoms with Crippen LogP contribution in [0.5, 0.6) is 0 Å². The van der Waals surface area contributed by atoms with Gasteiger partial charge < -0.3 is 9.40 Å². The van der Waals surface area contributed by atoms with Crippen LogP contribution >= 0.6 is 11.6 Å². The van der Waals surface area contributed by atoms with E-state index in [9.17, 15) is 4.79 Å². The van der Waals surface area contributed by atoms with Gasteiger partial charge in [-0.15, -0.1) is 0 Å². The van der Waals surface area contributed by atoms with Crippen molar-refractivity contribution in [3.05, 3.63) is 69.5 Å².